The van der Waals surface area contributed by atoms with Gasteiger partial charge in [0.25, 0.3) is 0 Å². The zero-order chi connectivity index (χ0) is 61.0. The lowest BCUT2D eigenvalue weighted by Crippen LogP contribution is -2.61. The van der Waals surface area contributed by atoms with Gasteiger partial charge in [-0.05, 0) is 116 Å². The van der Waals surface area contributed by atoms with Gasteiger partial charge in [-0.25, -0.2) is 0 Å². The predicted molar refractivity (Wildman–Crippen MR) is 351 cm³/mol. The topological polar surface area (TPSA) is 175 Å². The summed E-state index contributed by atoms with van der Waals surface area (Å²) in [7, 11) is 0. The second kappa shape index (κ2) is 59.4. The molecule has 1 fully saturated rings. The van der Waals surface area contributed by atoms with E-state index in [-0.39, 0.29) is 19.4 Å². The van der Waals surface area contributed by atoms with Crippen LogP contribution in [0, 0.1) is 0 Å². The van der Waals surface area contributed by atoms with Crippen LogP contribution in [0.4, 0.5) is 0 Å². The molecular formula is C73H123NO10. The Morgan fingerprint density at radius 1 is 0.476 bits per heavy atom. The molecule has 6 N–H and O–H groups in total. The van der Waals surface area contributed by atoms with E-state index < -0.39 is 67.4 Å². The van der Waals surface area contributed by atoms with Crippen molar-refractivity contribution in [1.82, 2.24) is 5.32 Å². The first-order valence-electron chi connectivity index (χ1n) is 33.8. The van der Waals surface area contributed by atoms with Gasteiger partial charge in [0.05, 0.1) is 25.4 Å². The summed E-state index contributed by atoms with van der Waals surface area (Å²) >= 11 is 0. The van der Waals surface area contributed by atoms with E-state index >= 15 is 0 Å². The molecule has 8 unspecified atom stereocenters. The van der Waals surface area contributed by atoms with Crippen molar-refractivity contribution in [1.29, 1.82) is 0 Å². The molecule has 1 aliphatic heterocycles. The quantitative estimate of drug-likeness (QED) is 0.0195. The smallest absolute Gasteiger partial charge is 0.306 e. The van der Waals surface area contributed by atoms with E-state index in [4.69, 9.17) is 14.2 Å². The molecule has 0 aromatic carbocycles. The number of allylic oxidation sites excluding steroid dienone is 19. The second-order valence-corrected chi connectivity index (χ2v) is 22.8. The highest BCUT2D eigenvalue weighted by molar-refractivity contribution is 5.80. The number of hydrogen-bond acceptors (Lipinski definition) is 10. The molecule has 1 rings (SSSR count). The number of aliphatic hydroxyl groups excluding tert-OH is 5. The molecule has 1 saturated heterocycles. The average molecular weight is 1170 g/mol. The van der Waals surface area contributed by atoms with Crippen LogP contribution in [-0.2, 0) is 23.8 Å². The highest BCUT2D eigenvalue weighted by atomic mass is 16.7. The number of unbranched alkanes of at least 4 members (excludes halogenated alkanes) is 24. The van der Waals surface area contributed by atoms with Crippen molar-refractivity contribution in [2.75, 3.05) is 13.2 Å². The van der Waals surface area contributed by atoms with Crippen molar-refractivity contribution in [3.05, 3.63) is 122 Å². The number of carbonyl (C=O) groups excluding carboxylic acids is 2. The predicted octanol–water partition coefficient (Wildman–Crippen LogP) is 17.0. The second-order valence-electron chi connectivity index (χ2n) is 22.8. The van der Waals surface area contributed by atoms with E-state index in [0.29, 0.717) is 12.8 Å². The van der Waals surface area contributed by atoms with Crippen LogP contribution in [0.15, 0.2) is 122 Å². The molecule has 11 nitrogen and oxygen atoms in total. The molecule has 0 bridgehead atoms. The Morgan fingerprint density at radius 2 is 0.857 bits per heavy atom. The van der Waals surface area contributed by atoms with Crippen LogP contribution < -0.4 is 5.32 Å². The maximum atomic E-state index is 13.5. The van der Waals surface area contributed by atoms with Gasteiger partial charge in [-0.2, -0.15) is 0 Å². The van der Waals surface area contributed by atoms with E-state index in [1.165, 1.54) is 70.6 Å². The summed E-state index contributed by atoms with van der Waals surface area (Å²) in [6, 6.07) is -1.05. The lowest BCUT2D eigenvalue weighted by atomic mass is 9.99. The monoisotopic (exact) mass is 1170 g/mol. The Hall–Kier alpha value is -3.94. The number of ether oxygens (including phenoxy) is 3. The summed E-state index contributed by atoms with van der Waals surface area (Å²) in [5.41, 5.74) is 0. The van der Waals surface area contributed by atoms with Crippen LogP contribution in [0.2, 0.25) is 0 Å². The van der Waals surface area contributed by atoms with Gasteiger partial charge in [-0.3, -0.25) is 9.59 Å². The van der Waals surface area contributed by atoms with E-state index in [0.717, 1.165) is 148 Å². The largest absolute Gasteiger partial charge is 0.454 e. The SMILES string of the molecule is CC/C=C\C/C=C\C/C=C\C/C=C\C/C=C\CCCCCCCCCC(=O)OC1C(OCC(NC(=O)C(O)CCCCCC/C=C\C/C=C\C/C=C\C/C=C\CCCCC)C(O)/C=C/CCCCCCCCCCCC)OC(CO)C(O)C1O. The summed E-state index contributed by atoms with van der Waals surface area (Å²) < 4.78 is 17.6. The van der Waals surface area contributed by atoms with Gasteiger partial charge in [0.15, 0.2) is 12.4 Å². The van der Waals surface area contributed by atoms with Crippen molar-refractivity contribution in [2.45, 2.75) is 314 Å². The summed E-state index contributed by atoms with van der Waals surface area (Å²) in [5.74, 6) is -1.23. The Kier molecular flexibility index (Phi) is 55.2. The number of aliphatic hydroxyl groups is 5. The van der Waals surface area contributed by atoms with Crippen LogP contribution in [0.3, 0.4) is 0 Å². The number of esters is 1. The fraction of sp³-hybridized carbons (Fsp3) is 0.699. The molecule has 1 aliphatic rings. The molecule has 0 aromatic rings. The third-order valence-electron chi connectivity index (χ3n) is 15.1. The third-order valence-corrected chi connectivity index (χ3v) is 15.1. The number of amides is 1. The highest BCUT2D eigenvalue weighted by Crippen LogP contribution is 2.26. The van der Waals surface area contributed by atoms with Gasteiger partial charge >= 0.3 is 5.97 Å². The number of hydrogen-bond donors (Lipinski definition) is 6. The Bertz CT molecular complexity index is 1830. The maximum absolute atomic E-state index is 13.5. The van der Waals surface area contributed by atoms with E-state index in [1.54, 1.807) is 6.08 Å². The molecule has 0 saturated carbocycles. The van der Waals surface area contributed by atoms with E-state index in [9.17, 15) is 35.1 Å². The molecule has 0 radical (unpaired) electrons. The van der Waals surface area contributed by atoms with Crippen LogP contribution in [0.1, 0.15) is 265 Å². The first kappa shape index (κ1) is 78.1. The van der Waals surface area contributed by atoms with Crippen molar-refractivity contribution in [3.63, 3.8) is 0 Å². The van der Waals surface area contributed by atoms with Gasteiger partial charge in [0, 0.05) is 6.42 Å². The zero-order valence-electron chi connectivity index (χ0n) is 53.2. The Morgan fingerprint density at radius 3 is 1.31 bits per heavy atom. The molecular weight excluding hydrogens is 1050 g/mol. The van der Waals surface area contributed by atoms with Crippen LogP contribution >= 0.6 is 0 Å². The van der Waals surface area contributed by atoms with Crippen molar-refractivity contribution < 1.29 is 49.3 Å². The highest BCUT2D eigenvalue weighted by Gasteiger charge is 2.47. The summed E-state index contributed by atoms with van der Waals surface area (Å²) in [6.45, 7) is 5.63. The zero-order valence-corrected chi connectivity index (χ0v) is 53.2. The fourth-order valence-electron chi connectivity index (χ4n) is 9.78. The molecule has 480 valence electrons. The molecule has 11 heteroatoms. The average Bonchev–Trinajstić information content (AvgIpc) is 3.65. The standard InChI is InChI=1S/C73H123NO10/c1-4-7-10-13-16-19-22-25-27-29-31-33-34-35-37-39-41-43-46-49-52-55-58-61-68(78)84-71-70(80)69(79)67(62-75)83-73(71)82-63-64(65(76)59-56-53-50-47-44-24-21-18-15-12-9-6-3)74-72(81)66(77)60-57-54-51-48-45-42-40-38-36-32-30-28-26-23-20-17-14-11-8-5-2/h7,10,16-17,19-20,25-28,31-33,35-37,40,42,56,59,64-67,69-71,73,75-77,79-80H,4-6,8-9,11-15,18,21-24,29-30,34,38-39,41,43-55,57-58,60-63H2,1-3H3,(H,74,81)/b10-7-,19-16-,20-17-,27-25-,28-26-,33-31-,36-32-,37-35-,42-40-,59-56+. The first-order valence-corrected chi connectivity index (χ1v) is 33.8. The minimum atomic E-state index is -1.63. The fourth-order valence-corrected chi connectivity index (χ4v) is 9.78. The van der Waals surface area contributed by atoms with Crippen LogP contribution in [0.25, 0.3) is 0 Å². The van der Waals surface area contributed by atoms with E-state index in [2.05, 4.69) is 135 Å². The number of carbonyl (C=O) groups is 2. The van der Waals surface area contributed by atoms with Crippen LogP contribution in [-0.4, -0.2) is 99.6 Å². The molecule has 1 heterocycles. The van der Waals surface area contributed by atoms with Crippen molar-refractivity contribution in [2.24, 2.45) is 0 Å². The van der Waals surface area contributed by atoms with Gasteiger partial charge in [-0.1, -0.05) is 264 Å². The third kappa shape index (κ3) is 46.3. The van der Waals surface area contributed by atoms with Crippen molar-refractivity contribution in [3.8, 4) is 0 Å². The minimum absolute atomic E-state index is 0.101. The summed E-state index contributed by atoms with van der Waals surface area (Å²) in [4.78, 5) is 26.6. The molecule has 0 aromatic heterocycles. The van der Waals surface area contributed by atoms with Gasteiger partial charge in [-0.15, -0.1) is 0 Å². The number of rotatable bonds is 56. The van der Waals surface area contributed by atoms with Gasteiger partial charge in [0.1, 0.15) is 24.4 Å². The Balaban J connectivity index is 2.65. The first-order chi connectivity index (χ1) is 41.2. The van der Waals surface area contributed by atoms with Gasteiger partial charge in [0.2, 0.25) is 5.91 Å². The normalized spacial score (nSPS) is 19.3. The minimum Gasteiger partial charge on any atom is -0.454 e. The Labute approximate surface area is 512 Å². The lowest BCUT2D eigenvalue weighted by molar-refractivity contribution is -0.305. The molecule has 0 spiro atoms. The van der Waals surface area contributed by atoms with Gasteiger partial charge < -0.3 is 45.1 Å². The summed E-state index contributed by atoms with van der Waals surface area (Å²) in [6.07, 6.45) is 72.2. The molecule has 8 atom stereocenters. The summed E-state index contributed by atoms with van der Waals surface area (Å²) in [5, 5.41) is 57.1. The molecule has 1 amide bonds. The molecule has 84 heavy (non-hydrogen) atoms. The van der Waals surface area contributed by atoms with Crippen LogP contribution in [0.5, 0.6) is 0 Å². The van der Waals surface area contributed by atoms with E-state index in [1.807, 2.05) is 6.08 Å². The number of nitrogens with one attached hydrogen (secondary N) is 1. The maximum Gasteiger partial charge on any atom is 0.306 e. The lowest BCUT2D eigenvalue weighted by Gasteiger charge is -2.41. The van der Waals surface area contributed by atoms with Crippen molar-refractivity contribution >= 4 is 11.9 Å². The molecule has 0 aliphatic carbocycles.